The maximum Gasteiger partial charge on any atom is 0.267 e. The lowest BCUT2D eigenvalue weighted by molar-refractivity contribution is -0.122. The predicted octanol–water partition coefficient (Wildman–Crippen LogP) is 6.15. The Balaban J connectivity index is 1.57. The van der Waals surface area contributed by atoms with Crippen molar-refractivity contribution in [3.8, 4) is 5.75 Å². The predicted molar refractivity (Wildman–Crippen MR) is 132 cm³/mol. The Hall–Kier alpha value is -3.31. The van der Waals surface area contributed by atoms with Gasteiger partial charge in [0.25, 0.3) is 5.91 Å². The molecule has 0 N–H and O–H groups in total. The summed E-state index contributed by atoms with van der Waals surface area (Å²) in [6, 6.07) is 28.0. The largest absolute Gasteiger partial charge is 0.494 e. The quantitative estimate of drug-likeness (QED) is 0.393. The van der Waals surface area contributed by atoms with E-state index in [0.29, 0.717) is 24.6 Å². The van der Waals surface area contributed by atoms with E-state index in [1.165, 1.54) is 11.8 Å². The van der Waals surface area contributed by atoms with Crippen LogP contribution in [0.5, 0.6) is 5.75 Å². The number of nitrogens with zero attached hydrogens (tertiary/aromatic N) is 2. The van der Waals surface area contributed by atoms with Gasteiger partial charge in [0.1, 0.15) is 5.75 Å². The van der Waals surface area contributed by atoms with Gasteiger partial charge in [-0.25, -0.2) is 0 Å². The van der Waals surface area contributed by atoms with Crippen molar-refractivity contribution >= 4 is 28.9 Å². The van der Waals surface area contributed by atoms with Crippen LogP contribution >= 0.6 is 11.8 Å². The first-order chi connectivity index (χ1) is 15.7. The molecule has 0 saturated carbocycles. The first-order valence-electron chi connectivity index (χ1n) is 10.8. The number of amidine groups is 1. The minimum atomic E-state index is -0.0167. The number of carbonyl (C=O) groups excluding carboxylic acids is 1. The number of rotatable bonds is 8. The minimum Gasteiger partial charge on any atom is -0.494 e. The molecule has 4 nitrogen and oxygen atoms in total. The number of amides is 1. The Morgan fingerprint density at radius 1 is 0.906 bits per heavy atom. The zero-order valence-corrected chi connectivity index (χ0v) is 18.9. The van der Waals surface area contributed by atoms with E-state index in [1.54, 1.807) is 4.90 Å². The Bertz CT molecular complexity index is 1090. The Morgan fingerprint density at radius 2 is 1.56 bits per heavy atom. The fourth-order valence-corrected chi connectivity index (χ4v) is 4.28. The lowest BCUT2D eigenvalue weighted by Crippen LogP contribution is -2.28. The summed E-state index contributed by atoms with van der Waals surface area (Å²) in [4.78, 5) is 20.5. The maximum absolute atomic E-state index is 13.3. The standard InChI is InChI=1S/C27H26N2O2S/c1-2-17-31-24-15-13-21(14-16-24)18-25-26(30)29(20-23-11-7-4-8-12-23)27(32-25)28-19-22-9-5-3-6-10-22/h3-16,18H,2,17,19-20H2,1H3/b25-18-,28-27?. The Kier molecular flexibility index (Phi) is 7.41. The van der Waals surface area contributed by atoms with Crippen molar-refractivity contribution in [3.63, 3.8) is 0 Å². The maximum atomic E-state index is 13.3. The Morgan fingerprint density at radius 3 is 2.22 bits per heavy atom. The monoisotopic (exact) mass is 442 g/mol. The van der Waals surface area contributed by atoms with Gasteiger partial charge in [-0.1, -0.05) is 79.7 Å². The van der Waals surface area contributed by atoms with Gasteiger partial charge in [-0.3, -0.25) is 14.7 Å². The highest BCUT2D eigenvalue weighted by Gasteiger charge is 2.33. The molecule has 0 spiro atoms. The van der Waals surface area contributed by atoms with E-state index in [4.69, 9.17) is 9.73 Å². The molecule has 0 atom stereocenters. The molecule has 0 bridgehead atoms. The number of ether oxygens (including phenoxy) is 1. The summed E-state index contributed by atoms with van der Waals surface area (Å²) in [6.07, 6.45) is 2.90. The third-order valence-electron chi connectivity index (χ3n) is 4.96. The van der Waals surface area contributed by atoms with Gasteiger partial charge in [0.05, 0.1) is 24.6 Å². The van der Waals surface area contributed by atoms with Gasteiger partial charge in [0.2, 0.25) is 0 Å². The van der Waals surface area contributed by atoms with Crippen LogP contribution in [0.3, 0.4) is 0 Å². The molecule has 1 fully saturated rings. The van der Waals surface area contributed by atoms with Gasteiger partial charge in [0.15, 0.2) is 5.17 Å². The van der Waals surface area contributed by atoms with Crippen LogP contribution in [0, 0.1) is 0 Å². The van der Waals surface area contributed by atoms with E-state index in [0.717, 1.165) is 34.0 Å². The average molecular weight is 443 g/mol. The van der Waals surface area contributed by atoms with Crippen LogP contribution in [-0.4, -0.2) is 22.6 Å². The van der Waals surface area contributed by atoms with Crippen LogP contribution in [0.2, 0.25) is 0 Å². The highest BCUT2D eigenvalue weighted by molar-refractivity contribution is 8.18. The summed E-state index contributed by atoms with van der Waals surface area (Å²) in [5, 5.41) is 0.733. The minimum absolute atomic E-state index is 0.0167. The zero-order valence-electron chi connectivity index (χ0n) is 18.1. The summed E-state index contributed by atoms with van der Waals surface area (Å²) < 4.78 is 5.66. The Labute approximate surface area is 193 Å². The first-order valence-corrected chi connectivity index (χ1v) is 11.6. The van der Waals surface area contributed by atoms with Crippen LogP contribution in [0.1, 0.15) is 30.0 Å². The molecular formula is C27H26N2O2S. The summed E-state index contributed by atoms with van der Waals surface area (Å²) in [7, 11) is 0. The number of carbonyl (C=O) groups is 1. The summed E-state index contributed by atoms with van der Waals surface area (Å²) in [5.74, 6) is 0.826. The highest BCUT2D eigenvalue weighted by Crippen LogP contribution is 2.34. The lowest BCUT2D eigenvalue weighted by atomic mass is 10.2. The molecule has 3 aromatic carbocycles. The molecule has 5 heteroatoms. The van der Waals surface area contributed by atoms with E-state index >= 15 is 0 Å². The van der Waals surface area contributed by atoms with Crippen LogP contribution in [0.4, 0.5) is 0 Å². The van der Waals surface area contributed by atoms with Crippen LogP contribution in [0.15, 0.2) is 94.8 Å². The zero-order chi connectivity index (χ0) is 22.2. The summed E-state index contributed by atoms with van der Waals surface area (Å²) in [5.41, 5.74) is 3.16. The smallest absolute Gasteiger partial charge is 0.267 e. The van der Waals surface area contributed by atoms with Gasteiger partial charge in [-0.2, -0.15) is 0 Å². The topological polar surface area (TPSA) is 41.9 Å². The van der Waals surface area contributed by atoms with Crippen molar-refractivity contribution in [3.05, 3.63) is 107 Å². The van der Waals surface area contributed by atoms with E-state index in [9.17, 15) is 4.79 Å². The highest BCUT2D eigenvalue weighted by atomic mass is 32.2. The molecule has 0 aliphatic carbocycles. The van der Waals surface area contributed by atoms with Gasteiger partial charge in [0, 0.05) is 0 Å². The molecule has 1 saturated heterocycles. The molecule has 1 aliphatic heterocycles. The third kappa shape index (κ3) is 5.68. The van der Waals surface area contributed by atoms with Crippen LogP contribution in [0.25, 0.3) is 6.08 Å². The molecule has 1 aliphatic rings. The average Bonchev–Trinajstić information content (AvgIpc) is 3.12. The third-order valence-corrected chi connectivity index (χ3v) is 6.01. The van der Waals surface area contributed by atoms with Crippen molar-refractivity contribution in [1.29, 1.82) is 0 Å². The molecule has 0 unspecified atom stereocenters. The second-order valence-electron chi connectivity index (χ2n) is 7.49. The lowest BCUT2D eigenvalue weighted by Gasteiger charge is -2.15. The van der Waals surface area contributed by atoms with E-state index in [2.05, 4.69) is 6.92 Å². The molecule has 4 rings (SSSR count). The first kappa shape index (κ1) is 21.9. The van der Waals surface area contributed by atoms with E-state index in [-0.39, 0.29) is 5.91 Å². The van der Waals surface area contributed by atoms with E-state index in [1.807, 2.05) is 91.0 Å². The van der Waals surface area contributed by atoms with Gasteiger partial charge < -0.3 is 4.74 Å². The van der Waals surface area contributed by atoms with Crippen molar-refractivity contribution in [2.75, 3.05) is 6.61 Å². The van der Waals surface area contributed by atoms with Crippen molar-refractivity contribution in [1.82, 2.24) is 4.90 Å². The molecular weight excluding hydrogens is 416 g/mol. The summed E-state index contributed by atoms with van der Waals surface area (Å²) >= 11 is 1.43. The number of benzene rings is 3. The molecule has 1 heterocycles. The van der Waals surface area contributed by atoms with Crippen molar-refractivity contribution in [2.24, 2.45) is 4.99 Å². The van der Waals surface area contributed by atoms with Crippen LogP contribution in [-0.2, 0) is 17.9 Å². The fourth-order valence-electron chi connectivity index (χ4n) is 3.31. The number of thioether (sulfide) groups is 1. The van der Waals surface area contributed by atoms with Crippen molar-refractivity contribution < 1.29 is 9.53 Å². The number of hydrogen-bond acceptors (Lipinski definition) is 4. The van der Waals surface area contributed by atoms with E-state index < -0.39 is 0 Å². The van der Waals surface area contributed by atoms with Crippen molar-refractivity contribution in [2.45, 2.75) is 26.4 Å². The SMILES string of the molecule is CCCOc1ccc(/C=C2\SC(=NCc3ccccc3)N(Cc3ccccc3)C2=O)cc1. The molecule has 32 heavy (non-hydrogen) atoms. The van der Waals surface area contributed by atoms with Gasteiger partial charge >= 0.3 is 0 Å². The second kappa shape index (κ2) is 10.8. The molecule has 0 aromatic heterocycles. The second-order valence-corrected chi connectivity index (χ2v) is 8.50. The fraction of sp³-hybridized carbons (Fsp3) is 0.185. The molecule has 0 radical (unpaired) electrons. The number of aliphatic imine (C=N–C) groups is 1. The van der Waals surface area contributed by atoms with Gasteiger partial charge in [-0.15, -0.1) is 0 Å². The number of hydrogen-bond donors (Lipinski definition) is 0. The molecule has 1 amide bonds. The van der Waals surface area contributed by atoms with Crippen LogP contribution < -0.4 is 4.74 Å². The van der Waals surface area contributed by atoms with Gasteiger partial charge in [-0.05, 0) is 53.1 Å². The normalized spacial score (nSPS) is 16.2. The molecule has 3 aromatic rings. The molecule has 162 valence electrons. The summed E-state index contributed by atoms with van der Waals surface area (Å²) in [6.45, 7) is 3.82.